The van der Waals surface area contributed by atoms with Crippen molar-refractivity contribution < 1.29 is 9.47 Å². The molecule has 4 rings (SSSR count). The van der Waals surface area contributed by atoms with E-state index in [0.717, 1.165) is 50.4 Å². The van der Waals surface area contributed by atoms with Crippen molar-refractivity contribution in [2.75, 3.05) is 31.2 Å². The maximum absolute atomic E-state index is 6.43. The number of rotatable bonds is 4. The van der Waals surface area contributed by atoms with E-state index >= 15 is 0 Å². The van der Waals surface area contributed by atoms with Crippen LogP contribution >= 0.6 is 0 Å². The predicted octanol–water partition coefficient (Wildman–Crippen LogP) is 1.09. The van der Waals surface area contributed by atoms with E-state index in [4.69, 9.17) is 9.47 Å². The van der Waals surface area contributed by atoms with E-state index in [1.807, 2.05) is 17.1 Å². The van der Waals surface area contributed by atoms with Crippen LogP contribution < -0.4 is 4.90 Å². The Kier molecular flexibility index (Phi) is 4.63. The van der Waals surface area contributed by atoms with Crippen molar-refractivity contribution in [3.8, 4) is 0 Å². The zero-order valence-corrected chi connectivity index (χ0v) is 14.5. The van der Waals surface area contributed by atoms with E-state index in [1.165, 1.54) is 0 Å². The second-order valence-electron chi connectivity index (χ2n) is 6.80. The number of aromatic nitrogens is 5. The topological polar surface area (TPSA) is 78.2 Å². The third-order valence-electron chi connectivity index (χ3n) is 4.93. The van der Waals surface area contributed by atoms with E-state index in [9.17, 15) is 0 Å². The Hall–Kier alpha value is -2.06. The Morgan fingerprint density at radius 2 is 2.20 bits per heavy atom. The highest BCUT2D eigenvalue weighted by atomic mass is 16.6. The maximum Gasteiger partial charge on any atom is 0.225 e. The number of nitrogens with zero attached hydrogens (tertiary/aromatic N) is 6. The highest BCUT2D eigenvalue weighted by Crippen LogP contribution is 2.34. The van der Waals surface area contributed by atoms with Gasteiger partial charge in [0.25, 0.3) is 0 Å². The molecule has 2 aromatic heterocycles. The molecule has 0 aromatic carbocycles. The molecule has 2 aromatic rings. The summed E-state index contributed by atoms with van der Waals surface area (Å²) in [6, 6.07) is 0. The molecular formula is C17H24N6O2. The highest BCUT2D eigenvalue weighted by Gasteiger charge is 2.43. The molecule has 0 amide bonds. The molecule has 4 heterocycles. The Morgan fingerprint density at radius 3 is 2.96 bits per heavy atom. The molecule has 134 valence electrons. The molecule has 0 bridgehead atoms. The van der Waals surface area contributed by atoms with Crippen molar-refractivity contribution in [2.45, 2.75) is 44.4 Å². The summed E-state index contributed by atoms with van der Waals surface area (Å²) in [6.45, 7) is 5.65. The van der Waals surface area contributed by atoms with Gasteiger partial charge in [0.1, 0.15) is 18.3 Å². The average molecular weight is 344 g/mol. The summed E-state index contributed by atoms with van der Waals surface area (Å²) >= 11 is 0. The van der Waals surface area contributed by atoms with Gasteiger partial charge in [-0.2, -0.15) is 5.10 Å². The molecule has 2 saturated heterocycles. The van der Waals surface area contributed by atoms with Crippen molar-refractivity contribution in [1.82, 2.24) is 24.7 Å². The van der Waals surface area contributed by atoms with Crippen LogP contribution in [0.15, 0.2) is 25.0 Å². The monoisotopic (exact) mass is 344 g/mol. The molecule has 0 unspecified atom stereocenters. The first kappa shape index (κ1) is 16.4. The van der Waals surface area contributed by atoms with Gasteiger partial charge in [0, 0.05) is 18.9 Å². The van der Waals surface area contributed by atoms with Gasteiger partial charge in [-0.3, -0.25) is 4.68 Å². The number of ether oxygens (including phenoxy) is 2. The number of aryl methyl sites for hydroxylation is 1. The number of hydrogen-bond donors (Lipinski definition) is 0. The summed E-state index contributed by atoms with van der Waals surface area (Å²) in [5, 5.41) is 4.17. The first-order valence-corrected chi connectivity index (χ1v) is 8.90. The van der Waals surface area contributed by atoms with Crippen molar-refractivity contribution in [2.24, 2.45) is 0 Å². The summed E-state index contributed by atoms with van der Waals surface area (Å²) in [7, 11) is 0. The first-order chi connectivity index (χ1) is 12.3. The fraction of sp³-hybridized carbons (Fsp3) is 0.647. The second kappa shape index (κ2) is 7.05. The van der Waals surface area contributed by atoms with Gasteiger partial charge >= 0.3 is 0 Å². The lowest BCUT2D eigenvalue weighted by molar-refractivity contribution is -0.0807. The summed E-state index contributed by atoms with van der Waals surface area (Å²) in [5.74, 6) is 0.755. The van der Waals surface area contributed by atoms with Gasteiger partial charge in [-0.1, -0.05) is 6.92 Å². The van der Waals surface area contributed by atoms with Crippen molar-refractivity contribution in [3.63, 3.8) is 0 Å². The van der Waals surface area contributed by atoms with Crippen molar-refractivity contribution in [3.05, 3.63) is 30.6 Å². The summed E-state index contributed by atoms with van der Waals surface area (Å²) < 4.78 is 14.1. The molecule has 2 fully saturated rings. The smallest absolute Gasteiger partial charge is 0.225 e. The molecule has 25 heavy (non-hydrogen) atoms. The van der Waals surface area contributed by atoms with Crippen molar-refractivity contribution in [1.29, 1.82) is 0 Å². The average Bonchev–Trinajstić information content (AvgIpc) is 3.23. The van der Waals surface area contributed by atoms with Crippen LogP contribution in [-0.4, -0.2) is 62.7 Å². The molecule has 1 spiro atoms. The molecule has 2 atom stereocenters. The third kappa shape index (κ3) is 3.64. The van der Waals surface area contributed by atoms with Crippen LogP contribution in [0.1, 0.15) is 25.3 Å². The van der Waals surface area contributed by atoms with Crippen LogP contribution in [0.25, 0.3) is 0 Å². The number of hydrogen-bond acceptors (Lipinski definition) is 7. The fourth-order valence-electron chi connectivity index (χ4n) is 3.55. The van der Waals surface area contributed by atoms with Gasteiger partial charge in [0.15, 0.2) is 0 Å². The van der Waals surface area contributed by atoms with Crippen molar-refractivity contribution >= 4 is 5.95 Å². The van der Waals surface area contributed by atoms with E-state index in [-0.39, 0.29) is 11.7 Å². The Labute approximate surface area is 147 Å². The van der Waals surface area contributed by atoms with Crippen LogP contribution in [0, 0.1) is 0 Å². The molecule has 8 nitrogen and oxygen atoms in total. The van der Waals surface area contributed by atoms with Crippen LogP contribution in [0.5, 0.6) is 0 Å². The molecule has 0 N–H and O–H groups in total. The van der Waals surface area contributed by atoms with Gasteiger partial charge in [0.2, 0.25) is 5.95 Å². The highest BCUT2D eigenvalue weighted by molar-refractivity contribution is 5.31. The Bertz CT molecular complexity index is 677. The van der Waals surface area contributed by atoms with E-state index < -0.39 is 0 Å². The molecule has 0 aliphatic carbocycles. The maximum atomic E-state index is 6.43. The Balaban J connectivity index is 1.46. The summed E-state index contributed by atoms with van der Waals surface area (Å²) in [5.41, 5.74) is 0.851. The lowest BCUT2D eigenvalue weighted by Gasteiger charge is -2.32. The molecule has 2 aliphatic rings. The van der Waals surface area contributed by atoms with Gasteiger partial charge < -0.3 is 14.4 Å². The number of anilines is 1. The zero-order valence-electron chi connectivity index (χ0n) is 14.5. The zero-order chi connectivity index (χ0) is 17.1. The van der Waals surface area contributed by atoms with Crippen LogP contribution in [0.4, 0.5) is 5.95 Å². The van der Waals surface area contributed by atoms with Gasteiger partial charge in [-0.25, -0.2) is 15.0 Å². The molecule has 0 radical (unpaired) electrons. The van der Waals surface area contributed by atoms with Crippen LogP contribution in [-0.2, 0) is 22.4 Å². The van der Waals surface area contributed by atoms with E-state index in [1.54, 1.807) is 12.7 Å². The van der Waals surface area contributed by atoms with E-state index in [0.29, 0.717) is 13.2 Å². The van der Waals surface area contributed by atoms with Crippen LogP contribution in [0.2, 0.25) is 0 Å². The minimum atomic E-state index is -0.297. The van der Waals surface area contributed by atoms with Gasteiger partial charge in [0.05, 0.1) is 32.4 Å². The SMILES string of the molecule is CCc1cnc(N2CCOC[C@@]3(CC[C@@H](Cn4cncn4)O3)C2)nc1. The Morgan fingerprint density at radius 1 is 1.32 bits per heavy atom. The lowest BCUT2D eigenvalue weighted by atomic mass is 10.0. The molecule has 8 heteroatoms. The molecular weight excluding hydrogens is 320 g/mol. The lowest BCUT2D eigenvalue weighted by Crippen LogP contribution is -2.45. The minimum absolute atomic E-state index is 0.133. The molecule has 2 aliphatic heterocycles. The van der Waals surface area contributed by atoms with Crippen LogP contribution in [0.3, 0.4) is 0 Å². The molecule has 0 saturated carbocycles. The van der Waals surface area contributed by atoms with Gasteiger partial charge in [-0.05, 0) is 24.8 Å². The standard InChI is InChI=1S/C17H24N6O2/c1-2-14-7-19-16(20-8-14)22-5-6-24-11-17(10-22)4-3-15(25-17)9-23-13-18-12-21-23/h7-8,12-13,15H,2-6,9-11H2,1H3/t15-,17+/m0/s1. The summed E-state index contributed by atoms with van der Waals surface area (Å²) in [4.78, 5) is 15.2. The quantitative estimate of drug-likeness (QED) is 0.821. The second-order valence-corrected chi connectivity index (χ2v) is 6.80. The first-order valence-electron chi connectivity index (χ1n) is 8.90. The predicted molar refractivity (Wildman–Crippen MR) is 91.3 cm³/mol. The van der Waals surface area contributed by atoms with Gasteiger partial charge in [-0.15, -0.1) is 0 Å². The fourth-order valence-corrected chi connectivity index (χ4v) is 3.55. The largest absolute Gasteiger partial charge is 0.377 e. The third-order valence-corrected chi connectivity index (χ3v) is 4.93. The summed E-state index contributed by atoms with van der Waals surface area (Å²) in [6.07, 6.45) is 10.1. The van der Waals surface area contributed by atoms with E-state index in [2.05, 4.69) is 31.9 Å². The minimum Gasteiger partial charge on any atom is -0.377 e. The normalized spacial score (nSPS) is 26.9.